The van der Waals surface area contributed by atoms with Crippen molar-refractivity contribution >= 4 is 22.6 Å². The van der Waals surface area contributed by atoms with Gasteiger partial charge < -0.3 is 16.4 Å². The zero-order valence-electron chi connectivity index (χ0n) is 17.8. The average Bonchev–Trinajstić information content (AvgIpc) is 3.50. The Morgan fingerprint density at radius 2 is 1.88 bits per heavy atom. The molecule has 0 aliphatic carbocycles. The number of hydrogen-bond acceptors (Lipinski definition) is 4. The van der Waals surface area contributed by atoms with E-state index in [1.807, 2.05) is 51.7 Å². The molecule has 0 saturated carbocycles. The van der Waals surface area contributed by atoms with E-state index in [9.17, 15) is 4.79 Å². The van der Waals surface area contributed by atoms with Crippen molar-refractivity contribution in [2.45, 2.75) is 12.7 Å². The number of amides is 2. The largest absolute Gasteiger partial charge is 0.332 e. The van der Waals surface area contributed by atoms with Crippen molar-refractivity contribution in [3.8, 4) is 22.4 Å². The lowest BCUT2D eigenvalue weighted by molar-refractivity contribution is -0.511. The van der Waals surface area contributed by atoms with E-state index < -0.39 is 0 Å². The summed E-state index contributed by atoms with van der Waals surface area (Å²) in [4.78, 5) is 16.8. The summed E-state index contributed by atoms with van der Waals surface area (Å²) in [5.74, 6) is 0. The van der Waals surface area contributed by atoms with Gasteiger partial charge in [0.1, 0.15) is 0 Å². The van der Waals surface area contributed by atoms with Gasteiger partial charge in [0.2, 0.25) is 6.17 Å². The minimum absolute atomic E-state index is 0.194. The molecule has 1 aliphatic rings. The van der Waals surface area contributed by atoms with Gasteiger partial charge in [-0.3, -0.25) is 0 Å². The van der Waals surface area contributed by atoms with Crippen LogP contribution < -0.4 is 20.8 Å². The molecule has 4 N–H and O–H groups in total. The summed E-state index contributed by atoms with van der Waals surface area (Å²) in [6, 6.07) is 22.4. The molecule has 0 spiro atoms. The minimum atomic E-state index is -0.267. The van der Waals surface area contributed by atoms with Crippen molar-refractivity contribution in [1.29, 1.82) is 0 Å². The van der Waals surface area contributed by atoms with Gasteiger partial charge in [0, 0.05) is 22.8 Å². The fourth-order valence-electron chi connectivity index (χ4n) is 4.37. The lowest BCUT2D eigenvalue weighted by Crippen LogP contribution is -2.27. The molecule has 0 radical (unpaired) electrons. The zero-order valence-corrected chi connectivity index (χ0v) is 17.8. The normalized spacial score (nSPS) is 15.7. The van der Waals surface area contributed by atoms with Gasteiger partial charge in [-0.05, 0) is 23.3 Å². The zero-order chi connectivity index (χ0) is 22.4. The highest BCUT2D eigenvalue weighted by atomic mass is 16.2. The highest BCUT2D eigenvalue weighted by molar-refractivity contribution is 5.97. The van der Waals surface area contributed by atoms with Crippen molar-refractivity contribution < 1.29 is 9.20 Å². The number of carbonyl (C=O) groups excluding carboxylic acids is 1. The quantitative estimate of drug-likeness (QED) is 0.377. The maximum atomic E-state index is 11.7. The van der Waals surface area contributed by atoms with Gasteiger partial charge >= 0.3 is 6.03 Å². The summed E-state index contributed by atoms with van der Waals surface area (Å²) in [7, 11) is 0. The van der Waals surface area contributed by atoms with E-state index in [0.717, 1.165) is 44.5 Å². The van der Waals surface area contributed by atoms with Crippen molar-refractivity contribution in [2.24, 2.45) is 5.73 Å². The number of urea groups is 1. The fraction of sp³-hybridized carbons (Fsp3) is 0.120. The number of nitrogens with one attached hydrogen (secondary N) is 2. The summed E-state index contributed by atoms with van der Waals surface area (Å²) >= 11 is 0. The van der Waals surface area contributed by atoms with Gasteiger partial charge in [-0.15, -0.1) is 0 Å². The molecule has 5 aromatic rings. The van der Waals surface area contributed by atoms with Crippen LogP contribution in [0.25, 0.3) is 38.9 Å². The summed E-state index contributed by atoms with van der Waals surface area (Å²) in [6.45, 7) is 0.972. The number of nitrogens with two attached hydrogens (primary N) is 1. The van der Waals surface area contributed by atoms with Gasteiger partial charge in [0.05, 0.1) is 29.3 Å². The Kier molecular flexibility index (Phi) is 4.51. The second-order valence-corrected chi connectivity index (χ2v) is 8.08. The summed E-state index contributed by atoms with van der Waals surface area (Å²) in [5, 5.41) is 11.2. The Bertz CT molecular complexity index is 1490. The second-order valence-electron chi connectivity index (χ2n) is 8.08. The molecule has 1 aliphatic heterocycles. The fourth-order valence-corrected chi connectivity index (χ4v) is 4.37. The lowest BCUT2D eigenvalue weighted by Gasteiger charge is -2.12. The first-order chi connectivity index (χ1) is 16.2. The van der Waals surface area contributed by atoms with E-state index in [4.69, 9.17) is 10.7 Å². The molecule has 1 saturated heterocycles. The third kappa shape index (κ3) is 3.28. The molecule has 3 aromatic heterocycles. The van der Waals surface area contributed by atoms with Crippen molar-refractivity contribution in [2.75, 3.05) is 6.54 Å². The van der Waals surface area contributed by atoms with Gasteiger partial charge in [-0.2, -0.15) is 0 Å². The molecule has 1 fully saturated rings. The first-order valence-corrected chi connectivity index (χ1v) is 10.8. The maximum absolute atomic E-state index is 11.7. The first kappa shape index (κ1) is 19.4. The van der Waals surface area contributed by atoms with Crippen LogP contribution in [0, 0.1) is 0 Å². The maximum Gasteiger partial charge on any atom is 0.317 e. The Labute approximate surface area is 189 Å². The number of pyridine rings is 2. The van der Waals surface area contributed by atoms with Gasteiger partial charge in [0.15, 0.2) is 0 Å². The number of rotatable bonds is 4. The number of nitrogens with zero attached hydrogens (tertiary/aromatic N) is 4. The van der Waals surface area contributed by atoms with E-state index in [1.165, 1.54) is 0 Å². The van der Waals surface area contributed by atoms with Gasteiger partial charge in [-0.1, -0.05) is 59.3 Å². The monoisotopic (exact) mass is 436 g/mol. The van der Waals surface area contributed by atoms with Crippen LogP contribution in [0.3, 0.4) is 0 Å². The third-order valence-corrected chi connectivity index (χ3v) is 6.04. The van der Waals surface area contributed by atoms with Crippen LogP contribution in [0.15, 0.2) is 79.3 Å². The minimum Gasteiger partial charge on any atom is -0.332 e. The number of carbonyl (C=O) groups is 1. The number of benzene rings is 2. The SMILES string of the molecule is NCc1ccc(-c2nc3cc[n+]4cnn(C5CNC(=O)N5)c4c3cc2-c2ccccc2)cc1. The molecule has 0 bridgehead atoms. The molecule has 6 rings (SSSR count). The van der Waals surface area contributed by atoms with Crippen LogP contribution in [0.2, 0.25) is 0 Å². The van der Waals surface area contributed by atoms with Gasteiger partial charge in [-0.25, -0.2) is 14.2 Å². The summed E-state index contributed by atoms with van der Waals surface area (Å²) in [5.41, 5.74) is 12.6. The molecule has 8 heteroatoms. The molecular weight excluding hydrogens is 414 g/mol. The predicted molar refractivity (Wildman–Crippen MR) is 125 cm³/mol. The standard InChI is InChI=1S/C25H21N7O/c26-13-16-6-8-18(9-7-16)23-19(17-4-2-1-3-5-17)12-20-21(29-23)10-11-31-15-28-32(24(20)31)22-14-27-25(33)30-22/h1-12,15,22H,13-14,26H2,(H-,27,30,33)/p+1. The number of hydrogen-bond donors (Lipinski definition) is 3. The van der Waals surface area contributed by atoms with E-state index in [-0.39, 0.29) is 12.2 Å². The summed E-state index contributed by atoms with van der Waals surface area (Å²) in [6.07, 6.45) is 3.43. The highest BCUT2D eigenvalue weighted by Gasteiger charge is 2.30. The molecule has 2 amide bonds. The van der Waals surface area contributed by atoms with E-state index in [2.05, 4.69) is 46.1 Å². The molecule has 1 atom stereocenters. The van der Waals surface area contributed by atoms with E-state index >= 15 is 0 Å². The predicted octanol–water partition coefficient (Wildman–Crippen LogP) is 2.77. The lowest BCUT2D eigenvalue weighted by atomic mass is 9.97. The highest BCUT2D eigenvalue weighted by Crippen LogP contribution is 2.34. The molecule has 8 nitrogen and oxygen atoms in total. The van der Waals surface area contributed by atoms with Crippen LogP contribution in [-0.4, -0.2) is 27.3 Å². The van der Waals surface area contributed by atoms with Crippen LogP contribution in [0.1, 0.15) is 11.7 Å². The van der Waals surface area contributed by atoms with E-state index in [1.54, 1.807) is 6.33 Å². The third-order valence-electron chi connectivity index (χ3n) is 6.04. The second kappa shape index (κ2) is 7.68. The van der Waals surface area contributed by atoms with Crippen molar-refractivity contribution in [3.05, 3.63) is 84.8 Å². The van der Waals surface area contributed by atoms with Gasteiger partial charge in [0.25, 0.3) is 12.0 Å². The Morgan fingerprint density at radius 1 is 1.06 bits per heavy atom. The molecule has 1 unspecified atom stereocenters. The number of fused-ring (bicyclic) bond motifs is 3. The molecule has 33 heavy (non-hydrogen) atoms. The summed E-state index contributed by atoms with van der Waals surface area (Å²) < 4.78 is 3.80. The Hall–Kier alpha value is -4.30. The van der Waals surface area contributed by atoms with E-state index in [0.29, 0.717) is 13.1 Å². The van der Waals surface area contributed by atoms with Crippen LogP contribution in [-0.2, 0) is 6.54 Å². The average molecular weight is 436 g/mol. The topological polar surface area (TPSA) is 102 Å². The van der Waals surface area contributed by atoms with Crippen LogP contribution in [0.5, 0.6) is 0 Å². The molecule has 4 heterocycles. The first-order valence-electron chi connectivity index (χ1n) is 10.8. The number of aromatic nitrogens is 4. The van der Waals surface area contributed by atoms with Crippen molar-refractivity contribution in [3.63, 3.8) is 0 Å². The Morgan fingerprint density at radius 3 is 2.61 bits per heavy atom. The Balaban J connectivity index is 1.62. The molecular formula is C25H22N7O+. The van der Waals surface area contributed by atoms with Crippen LogP contribution in [0.4, 0.5) is 4.79 Å². The van der Waals surface area contributed by atoms with Crippen LogP contribution >= 0.6 is 0 Å². The smallest absolute Gasteiger partial charge is 0.317 e. The molecule has 162 valence electrons. The van der Waals surface area contributed by atoms with Crippen molar-refractivity contribution in [1.82, 2.24) is 25.4 Å². The molecule has 2 aromatic carbocycles.